The van der Waals surface area contributed by atoms with Gasteiger partial charge in [0.05, 0.1) is 12.0 Å². The van der Waals surface area contributed by atoms with Gasteiger partial charge in [-0.15, -0.1) is 0 Å². The Bertz CT molecular complexity index is 416. The SMILES string of the molecule is CCC1OCCC1C(=O)Nc1ccc(CCO)cc1. The standard InChI is InChI=1S/C15H21NO3/c1-2-14-13(8-10-19-14)15(18)16-12-5-3-11(4-6-12)7-9-17/h3-6,13-14,17H,2,7-10H2,1H3,(H,16,18). The Balaban J connectivity index is 1.94. The number of aliphatic hydroxyl groups is 1. The maximum absolute atomic E-state index is 12.2. The van der Waals surface area contributed by atoms with Gasteiger partial charge in [0.2, 0.25) is 5.91 Å². The molecule has 4 heteroatoms. The number of benzene rings is 1. The molecular formula is C15H21NO3. The van der Waals surface area contributed by atoms with E-state index in [0.717, 1.165) is 24.1 Å². The largest absolute Gasteiger partial charge is 0.396 e. The molecule has 0 aliphatic carbocycles. The lowest BCUT2D eigenvalue weighted by Gasteiger charge is -2.16. The minimum atomic E-state index is -0.0397. The average molecular weight is 263 g/mol. The summed E-state index contributed by atoms with van der Waals surface area (Å²) in [4.78, 5) is 12.2. The second kappa shape index (κ2) is 6.68. The van der Waals surface area contributed by atoms with Gasteiger partial charge in [-0.1, -0.05) is 19.1 Å². The third-order valence-corrected chi connectivity index (χ3v) is 3.57. The number of nitrogens with one attached hydrogen (secondary N) is 1. The fraction of sp³-hybridized carbons (Fsp3) is 0.533. The van der Waals surface area contributed by atoms with Gasteiger partial charge in [0, 0.05) is 18.9 Å². The van der Waals surface area contributed by atoms with Gasteiger partial charge in [-0.3, -0.25) is 4.79 Å². The van der Waals surface area contributed by atoms with Crippen LogP contribution < -0.4 is 5.32 Å². The molecule has 1 aromatic carbocycles. The van der Waals surface area contributed by atoms with Crippen LogP contribution in [0.5, 0.6) is 0 Å². The Morgan fingerprint density at radius 3 is 2.79 bits per heavy atom. The number of rotatable bonds is 5. The minimum Gasteiger partial charge on any atom is -0.396 e. The normalized spacial score (nSPS) is 22.4. The Morgan fingerprint density at radius 1 is 1.42 bits per heavy atom. The summed E-state index contributed by atoms with van der Waals surface area (Å²) in [6, 6.07) is 7.60. The lowest BCUT2D eigenvalue weighted by molar-refractivity contribution is -0.121. The molecule has 1 aliphatic heterocycles. The summed E-state index contributed by atoms with van der Waals surface area (Å²) >= 11 is 0. The number of carbonyl (C=O) groups is 1. The maximum Gasteiger partial charge on any atom is 0.230 e. The predicted octanol–water partition coefficient (Wildman–Crippen LogP) is 1.98. The highest BCUT2D eigenvalue weighted by atomic mass is 16.5. The first kappa shape index (κ1) is 14.0. The van der Waals surface area contributed by atoms with Gasteiger partial charge in [0.25, 0.3) is 0 Å². The number of aliphatic hydroxyl groups excluding tert-OH is 1. The molecule has 2 atom stereocenters. The van der Waals surface area contributed by atoms with E-state index < -0.39 is 0 Å². The zero-order chi connectivity index (χ0) is 13.7. The molecule has 2 rings (SSSR count). The van der Waals surface area contributed by atoms with Crippen LogP contribution >= 0.6 is 0 Å². The van der Waals surface area contributed by atoms with Crippen LogP contribution in [0.1, 0.15) is 25.3 Å². The second-order valence-electron chi connectivity index (χ2n) is 4.87. The van der Waals surface area contributed by atoms with Crippen LogP contribution in [0, 0.1) is 5.92 Å². The van der Waals surface area contributed by atoms with Crippen molar-refractivity contribution in [3.8, 4) is 0 Å². The van der Waals surface area contributed by atoms with Crippen LogP contribution in [0.3, 0.4) is 0 Å². The minimum absolute atomic E-state index is 0.0397. The zero-order valence-electron chi connectivity index (χ0n) is 11.3. The molecule has 0 spiro atoms. The Kier molecular flexibility index (Phi) is 4.93. The van der Waals surface area contributed by atoms with E-state index in [-0.39, 0.29) is 24.5 Å². The van der Waals surface area contributed by atoms with Gasteiger partial charge in [0.1, 0.15) is 0 Å². The highest BCUT2D eigenvalue weighted by Crippen LogP contribution is 2.25. The summed E-state index contributed by atoms with van der Waals surface area (Å²) in [6.45, 7) is 2.86. The Hall–Kier alpha value is -1.39. The molecule has 0 aromatic heterocycles. The van der Waals surface area contributed by atoms with E-state index >= 15 is 0 Å². The van der Waals surface area contributed by atoms with Crippen molar-refractivity contribution in [3.05, 3.63) is 29.8 Å². The summed E-state index contributed by atoms with van der Waals surface area (Å²) < 4.78 is 5.54. The molecule has 1 saturated heterocycles. The van der Waals surface area contributed by atoms with E-state index in [4.69, 9.17) is 9.84 Å². The topological polar surface area (TPSA) is 58.6 Å². The number of anilines is 1. The first-order valence-corrected chi connectivity index (χ1v) is 6.87. The summed E-state index contributed by atoms with van der Waals surface area (Å²) in [5.74, 6) is 0.00127. The summed E-state index contributed by atoms with van der Waals surface area (Å²) in [6.07, 6.45) is 2.36. The van der Waals surface area contributed by atoms with Crippen LogP contribution in [0.25, 0.3) is 0 Å². The van der Waals surface area contributed by atoms with Crippen molar-refractivity contribution in [1.29, 1.82) is 0 Å². The van der Waals surface area contributed by atoms with E-state index in [1.807, 2.05) is 31.2 Å². The van der Waals surface area contributed by atoms with E-state index in [2.05, 4.69) is 5.32 Å². The van der Waals surface area contributed by atoms with Crippen molar-refractivity contribution in [2.45, 2.75) is 32.3 Å². The predicted molar refractivity (Wildman–Crippen MR) is 74.0 cm³/mol. The molecule has 104 valence electrons. The van der Waals surface area contributed by atoms with Crippen molar-refractivity contribution >= 4 is 11.6 Å². The first-order valence-electron chi connectivity index (χ1n) is 6.87. The maximum atomic E-state index is 12.2. The van der Waals surface area contributed by atoms with Gasteiger partial charge in [-0.05, 0) is 37.0 Å². The quantitative estimate of drug-likeness (QED) is 0.854. The molecular weight excluding hydrogens is 242 g/mol. The van der Waals surface area contributed by atoms with Crippen molar-refractivity contribution in [1.82, 2.24) is 0 Å². The number of hydrogen-bond donors (Lipinski definition) is 2. The molecule has 2 unspecified atom stereocenters. The second-order valence-corrected chi connectivity index (χ2v) is 4.87. The molecule has 4 nitrogen and oxygen atoms in total. The Labute approximate surface area is 113 Å². The molecule has 0 radical (unpaired) electrons. The van der Waals surface area contributed by atoms with Crippen LogP contribution in [0.2, 0.25) is 0 Å². The van der Waals surface area contributed by atoms with Gasteiger partial charge in [-0.2, -0.15) is 0 Å². The summed E-state index contributed by atoms with van der Waals surface area (Å²) in [7, 11) is 0. The van der Waals surface area contributed by atoms with E-state index in [1.165, 1.54) is 0 Å². The molecule has 1 amide bonds. The smallest absolute Gasteiger partial charge is 0.230 e. The number of carbonyl (C=O) groups excluding carboxylic acids is 1. The Morgan fingerprint density at radius 2 is 2.16 bits per heavy atom. The van der Waals surface area contributed by atoms with Crippen molar-refractivity contribution < 1.29 is 14.6 Å². The zero-order valence-corrected chi connectivity index (χ0v) is 11.3. The summed E-state index contributed by atoms with van der Waals surface area (Å²) in [5, 5.41) is 11.8. The molecule has 1 heterocycles. The van der Waals surface area contributed by atoms with Crippen LogP contribution in [0.15, 0.2) is 24.3 Å². The molecule has 1 fully saturated rings. The summed E-state index contributed by atoms with van der Waals surface area (Å²) in [5.41, 5.74) is 1.87. The number of hydrogen-bond acceptors (Lipinski definition) is 3. The molecule has 1 aromatic rings. The van der Waals surface area contributed by atoms with Gasteiger partial charge < -0.3 is 15.2 Å². The van der Waals surface area contributed by atoms with E-state index in [0.29, 0.717) is 13.0 Å². The highest BCUT2D eigenvalue weighted by molar-refractivity contribution is 5.93. The third kappa shape index (κ3) is 3.55. The number of ether oxygens (including phenoxy) is 1. The third-order valence-electron chi connectivity index (χ3n) is 3.57. The van der Waals surface area contributed by atoms with Crippen molar-refractivity contribution in [2.75, 3.05) is 18.5 Å². The van der Waals surface area contributed by atoms with Crippen LogP contribution in [-0.2, 0) is 16.0 Å². The highest BCUT2D eigenvalue weighted by Gasteiger charge is 2.32. The van der Waals surface area contributed by atoms with Crippen LogP contribution in [-0.4, -0.2) is 30.3 Å². The van der Waals surface area contributed by atoms with Crippen molar-refractivity contribution in [2.24, 2.45) is 5.92 Å². The molecule has 1 aliphatic rings. The van der Waals surface area contributed by atoms with Gasteiger partial charge >= 0.3 is 0 Å². The fourth-order valence-electron chi connectivity index (χ4n) is 2.47. The molecule has 19 heavy (non-hydrogen) atoms. The lowest BCUT2D eigenvalue weighted by Crippen LogP contribution is -2.29. The van der Waals surface area contributed by atoms with Crippen molar-refractivity contribution in [3.63, 3.8) is 0 Å². The number of amides is 1. The van der Waals surface area contributed by atoms with E-state index in [9.17, 15) is 4.79 Å². The average Bonchev–Trinajstić information content (AvgIpc) is 2.90. The fourth-order valence-corrected chi connectivity index (χ4v) is 2.47. The van der Waals surface area contributed by atoms with Crippen LogP contribution in [0.4, 0.5) is 5.69 Å². The van der Waals surface area contributed by atoms with Gasteiger partial charge in [0.15, 0.2) is 0 Å². The molecule has 2 N–H and O–H groups in total. The molecule has 0 bridgehead atoms. The lowest BCUT2D eigenvalue weighted by atomic mass is 9.98. The molecule has 0 saturated carbocycles. The monoisotopic (exact) mass is 263 g/mol. The first-order chi connectivity index (χ1) is 9.24. The van der Waals surface area contributed by atoms with Gasteiger partial charge in [-0.25, -0.2) is 0 Å². The van der Waals surface area contributed by atoms with E-state index in [1.54, 1.807) is 0 Å².